The summed E-state index contributed by atoms with van der Waals surface area (Å²) in [5, 5.41) is 3.10. The minimum absolute atomic E-state index is 0.0966. The Morgan fingerprint density at radius 3 is 2.32 bits per heavy atom. The number of nitrogens with zero attached hydrogens (tertiary/aromatic N) is 2. The highest BCUT2D eigenvalue weighted by Gasteiger charge is 2.33. The Labute approximate surface area is 220 Å². The highest BCUT2D eigenvalue weighted by atomic mass is 32.2. The number of aryl methyl sites for hydroxylation is 1. The molecule has 1 saturated carbocycles. The lowest BCUT2D eigenvalue weighted by molar-refractivity contribution is -0.140. The number of anilines is 1. The van der Waals surface area contributed by atoms with Gasteiger partial charge < -0.3 is 10.2 Å². The maximum Gasteiger partial charge on any atom is 0.244 e. The first-order valence-electron chi connectivity index (χ1n) is 12.7. The Hall–Kier alpha value is -3.20. The van der Waals surface area contributed by atoms with Crippen molar-refractivity contribution in [3.8, 4) is 0 Å². The SMILES string of the molecule is CCC(C(=O)NC1CCCC1)N(Cc1cccc(C)c1)C(=O)CN(c1cccc(C(C)=O)c1)S(C)(=O)=O. The van der Waals surface area contributed by atoms with Crippen LogP contribution in [0.4, 0.5) is 5.69 Å². The zero-order chi connectivity index (χ0) is 27.2. The summed E-state index contributed by atoms with van der Waals surface area (Å²) in [5.41, 5.74) is 2.44. The molecule has 0 bridgehead atoms. The molecule has 3 rings (SSSR count). The van der Waals surface area contributed by atoms with Crippen molar-refractivity contribution in [2.24, 2.45) is 0 Å². The van der Waals surface area contributed by atoms with E-state index in [2.05, 4.69) is 5.32 Å². The summed E-state index contributed by atoms with van der Waals surface area (Å²) in [6.07, 6.45) is 5.38. The fourth-order valence-corrected chi connectivity index (χ4v) is 5.63. The lowest BCUT2D eigenvalue weighted by Crippen LogP contribution is -2.53. The molecule has 1 aliphatic rings. The predicted molar refractivity (Wildman–Crippen MR) is 145 cm³/mol. The van der Waals surface area contributed by atoms with Crippen molar-refractivity contribution >= 4 is 33.3 Å². The summed E-state index contributed by atoms with van der Waals surface area (Å²) in [5.74, 6) is -0.925. The number of Topliss-reactive ketones (excluding diaryl/α,β-unsaturated/α-hetero) is 1. The van der Waals surface area contributed by atoms with Crippen LogP contribution in [0, 0.1) is 6.92 Å². The van der Waals surface area contributed by atoms with Gasteiger partial charge in [-0.1, -0.05) is 61.7 Å². The largest absolute Gasteiger partial charge is 0.352 e. The smallest absolute Gasteiger partial charge is 0.244 e. The molecule has 9 heteroatoms. The van der Waals surface area contributed by atoms with Gasteiger partial charge in [0.15, 0.2) is 5.78 Å². The van der Waals surface area contributed by atoms with Crippen LogP contribution in [-0.4, -0.2) is 55.8 Å². The van der Waals surface area contributed by atoms with E-state index in [0.717, 1.165) is 47.4 Å². The first-order chi connectivity index (χ1) is 17.5. The fraction of sp³-hybridized carbons (Fsp3) is 0.464. The molecule has 0 aliphatic heterocycles. The van der Waals surface area contributed by atoms with Crippen LogP contribution in [0.25, 0.3) is 0 Å². The summed E-state index contributed by atoms with van der Waals surface area (Å²) in [6.45, 7) is 4.88. The second kappa shape index (κ2) is 12.4. The molecule has 2 aromatic rings. The van der Waals surface area contributed by atoms with Crippen LogP contribution in [0.2, 0.25) is 0 Å². The van der Waals surface area contributed by atoms with Crippen molar-refractivity contribution < 1.29 is 22.8 Å². The van der Waals surface area contributed by atoms with Gasteiger partial charge in [-0.25, -0.2) is 8.42 Å². The molecule has 1 fully saturated rings. The molecule has 0 heterocycles. The highest BCUT2D eigenvalue weighted by molar-refractivity contribution is 7.92. The van der Waals surface area contributed by atoms with Gasteiger partial charge in [0.1, 0.15) is 12.6 Å². The van der Waals surface area contributed by atoms with E-state index in [-0.39, 0.29) is 30.0 Å². The molecule has 0 saturated heterocycles. The van der Waals surface area contributed by atoms with E-state index in [4.69, 9.17) is 0 Å². The van der Waals surface area contributed by atoms with Gasteiger partial charge >= 0.3 is 0 Å². The predicted octanol–water partition coefficient (Wildman–Crippen LogP) is 3.83. The van der Waals surface area contributed by atoms with Crippen LogP contribution in [0.5, 0.6) is 0 Å². The summed E-state index contributed by atoms with van der Waals surface area (Å²) in [7, 11) is -3.87. The molecular weight excluding hydrogens is 490 g/mol. The Morgan fingerprint density at radius 2 is 1.73 bits per heavy atom. The average Bonchev–Trinajstić information content (AvgIpc) is 3.34. The highest BCUT2D eigenvalue weighted by Crippen LogP contribution is 2.22. The number of rotatable bonds is 11. The molecule has 2 amide bonds. The standard InChI is InChI=1S/C28H37N3O5S/c1-5-26(28(34)29-24-13-6-7-14-24)30(18-22-11-8-10-20(2)16-22)27(33)19-31(37(4,35)36)25-15-9-12-23(17-25)21(3)32/h8-12,15-17,24,26H,5-7,13-14,18-19H2,1-4H3,(H,29,34). The zero-order valence-corrected chi connectivity index (χ0v) is 22.9. The number of benzene rings is 2. The molecule has 0 radical (unpaired) electrons. The quantitative estimate of drug-likeness (QED) is 0.448. The normalized spacial score (nSPS) is 14.7. The molecule has 0 aromatic heterocycles. The third-order valence-corrected chi connectivity index (χ3v) is 7.88. The van der Waals surface area contributed by atoms with Gasteiger partial charge in [0, 0.05) is 18.2 Å². The van der Waals surface area contributed by atoms with E-state index in [1.807, 2.05) is 38.1 Å². The van der Waals surface area contributed by atoms with Gasteiger partial charge in [-0.05, 0) is 50.8 Å². The Morgan fingerprint density at radius 1 is 1.05 bits per heavy atom. The monoisotopic (exact) mass is 527 g/mol. The number of carbonyl (C=O) groups is 3. The number of amides is 2. The molecule has 8 nitrogen and oxygen atoms in total. The zero-order valence-electron chi connectivity index (χ0n) is 22.1. The van der Waals surface area contributed by atoms with Crippen LogP contribution in [0.1, 0.15) is 67.4 Å². The van der Waals surface area contributed by atoms with E-state index in [9.17, 15) is 22.8 Å². The molecule has 37 heavy (non-hydrogen) atoms. The van der Waals surface area contributed by atoms with Crippen molar-refractivity contribution in [1.29, 1.82) is 0 Å². The number of hydrogen-bond acceptors (Lipinski definition) is 5. The molecule has 1 unspecified atom stereocenters. The molecule has 1 N–H and O–H groups in total. The molecular formula is C28H37N3O5S. The number of hydrogen-bond donors (Lipinski definition) is 1. The van der Waals surface area contributed by atoms with E-state index in [1.54, 1.807) is 18.2 Å². The number of sulfonamides is 1. The van der Waals surface area contributed by atoms with Gasteiger partial charge in [0.05, 0.1) is 11.9 Å². The van der Waals surface area contributed by atoms with Crippen molar-refractivity contribution in [3.05, 3.63) is 65.2 Å². The van der Waals surface area contributed by atoms with Gasteiger partial charge in [0.2, 0.25) is 21.8 Å². The molecule has 0 spiro atoms. The van der Waals surface area contributed by atoms with Gasteiger partial charge in [-0.15, -0.1) is 0 Å². The summed E-state index contributed by atoms with van der Waals surface area (Å²) in [6, 6.07) is 13.2. The van der Waals surface area contributed by atoms with Crippen LogP contribution in [0.3, 0.4) is 0 Å². The number of nitrogens with one attached hydrogen (secondary N) is 1. The summed E-state index contributed by atoms with van der Waals surface area (Å²) in [4.78, 5) is 40.5. The second-order valence-electron chi connectivity index (χ2n) is 9.80. The molecule has 2 aromatic carbocycles. The third kappa shape index (κ3) is 7.64. The summed E-state index contributed by atoms with van der Waals surface area (Å²) >= 11 is 0. The van der Waals surface area contributed by atoms with Crippen molar-refractivity contribution in [2.45, 2.75) is 71.5 Å². The van der Waals surface area contributed by atoms with Gasteiger partial charge in [-0.2, -0.15) is 0 Å². The second-order valence-corrected chi connectivity index (χ2v) is 11.7. The van der Waals surface area contributed by atoms with E-state index in [1.165, 1.54) is 17.9 Å². The molecule has 200 valence electrons. The van der Waals surface area contributed by atoms with Crippen LogP contribution >= 0.6 is 0 Å². The van der Waals surface area contributed by atoms with Crippen molar-refractivity contribution in [2.75, 3.05) is 17.1 Å². The van der Waals surface area contributed by atoms with Crippen LogP contribution in [0.15, 0.2) is 48.5 Å². The van der Waals surface area contributed by atoms with Crippen LogP contribution < -0.4 is 9.62 Å². The minimum Gasteiger partial charge on any atom is -0.352 e. The number of carbonyl (C=O) groups excluding carboxylic acids is 3. The maximum atomic E-state index is 13.8. The summed E-state index contributed by atoms with van der Waals surface area (Å²) < 4.78 is 26.5. The van der Waals surface area contributed by atoms with Gasteiger partial charge in [0.25, 0.3) is 0 Å². The number of ketones is 1. The lowest BCUT2D eigenvalue weighted by atomic mass is 10.1. The molecule has 1 aliphatic carbocycles. The maximum absolute atomic E-state index is 13.8. The Bertz CT molecular complexity index is 1240. The lowest BCUT2D eigenvalue weighted by Gasteiger charge is -2.33. The third-order valence-electron chi connectivity index (χ3n) is 6.74. The van der Waals surface area contributed by atoms with Crippen LogP contribution in [-0.2, 0) is 26.2 Å². The Balaban J connectivity index is 1.95. The van der Waals surface area contributed by atoms with E-state index >= 15 is 0 Å². The van der Waals surface area contributed by atoms with Crippen molar-refractivity contribution in [3.63, 3.8) is 0 Å². The molecule has 1 atom stereocenters. The first-order valence-corrected chi connectivity index (χ1v) is 14.6. The minimum atomic E-state index is -3.87. The Kier molecular flexibility index (Phi) is 9.48. The fourth-order valence-electron chi connectivity index (χ4n) is 4.79. The van der Waals surface area contributed by atoms with Gasteiger partial charge in [-0.3, -0.25) is 18.7 Å². The average molecular weight is 528 g/mol. The van der Waals surface area contributed by atoms with Crippen molar-refractivity contribution in [1.82, 2.24) is 10.2 Å². The van der Waals surface area contributed by atoms with E-state index < -0.39 is 28.5 Å². The topological polar surface area (TPSA) is 104 Å². The first kappa shape index (κ1) is 28.4. The van der Waals surface area contributed by atoms with E-state index in [0.29, 0.717) is 12.0 Å².